The molecule has 3 unspecified atom stereocenters. The van der Waals surface area contributed by atoms with Crippen molar-refractivity contribution in [3.8, 4) is 0 Å². The van der Waals surface area contributed by atoms with Gasteiger partial charge in [0.05, 0.1) is 0 Å². The van der Waals surface area contributed by atoms with E-state index in [1.54, 1.807) is 0 Å². The van der Waals surface area contributed by atoms with Gasteiger partial charge in [0.15, 0.2) is 0 Å². The third-order valence-corrected chi connectivity index (χ3v) is 7.06. The number of carbonyl (C=O) groups is 1. The number of nitrogens with two attached hydrogens (primary N) is 1. The summed E-state index contributed by atoms with van der Waals surface area (Å²) in [6, 6.07) is 0. The van der Waals surface area contributed by atoms with Gasteiger partial charge in [-0.1, -0.05) is 64.2 Å². The molecule has 0 aliphatic heterocycles. The summed E-state index contributed by atoms with van der Waals surface area (Å²) in [4.78, 5) is 12.7. The van der Waals surface area contributed by atoms with E-state index in [0.717, 1.165) is 50.6 Å². The average molecular weight is 383 g/mol. The second-order valence-corrected chi connectivity index (χ2v) is 9.58. The molecule has 0 aromatic rings. The Morgan fingerprint density at radius 2 is 1.65 bits per heavy atom. The van der Waals surface area contributed by atoms with Gasteiger partial charge in [-0.3, -0.25) is 4.79 Å². The first-order valence-electron chi connectivity index (χ1n) is 11.3. The largest absolute Gasteiger partial charge is 0.355 e. The maximum absolute atomic E-state index is 12.7. The number of nitrogens with one attached hydrogen (secondary N) is 1. The molecule has 0 spiro atoms. The van der Waals surface area contributed by atoms with Crippen LogP contribution in [0.15, 0.2) is 0 Å². The van der Waals surface area contributed by atoms with Crippen LogP contribution < -0.4 is 11.1 Å². The van der Waals surface area contributed by atoms with Crippen LogP contribution in [0.2, 0.25) is 0 Å². The number of carbonyl (C=O) groups excluding carboxylic acids is 1. The van der Waals surface area contributed by atoms with Crippen molar-refractivity contribution in [1.29, 1.82) is 0 Å². The fraction of sp³-hybridized carbons (Fsp3) is 0.955. The highest BCUT2D eigenvalue weighted by Gasteiger charge is 2.25. The van der Waals surface area contributed by atoms with Crippen LogP contribution in [-0.4, -0.2) is 24.2 Å². The molecule has 2 fully saturated rings. The zero-order chi connectivity index (χ0) is 18.6. The first-order valence-corrected chi connectivity index (χ1v) is 11.9. The third kappa shape index (κ3) is 8.65. The van der Waals surface area contributed by atoms with Gasteiger partial charge in [-0.25, -0.2) is 0 Å². The molecule has 3 N–H and O–H groups in total. The topological polar surface area (TPSA) is 55.1 Å². The lowest BCUT2D eigenvalue weighted by molar-refractivity contribution is -0.125. The van der Waals surface area contributed by atoms with Crippen LogP contribution >= 0.6 is 12.6 Å². The highest BCUT2D eigenvalue weighted by atomic mass is 32.1. The number of unbranched alkanes of at least 4 members (excludes halogenated alkanes) is 1. The molecule has 2 rings (SSSR count). The first kappa shape index (κ1) is 22.1. The highest BCUT2D eigenvalue weighted by molar-refractivity contribution is 7.81. The van der Waals surface area contributed by atoms with E-state index in [0.29, 0.717) is 5.25 Å². The molecule has 3 atom stereocenters. The van der Waals surface area contributed by atoms with Crippen molar-refractivity contribution in [2.75, 3.05) is 13.1 Å². The summed E-state index contributed by atoms with van der Waals surface area (Å²) in [5, 5.41) is 3.53. The van der Waals surface area contributed by atoms with E-state index in [4.69, 9.17) is 18.4 Å². The van der Waals surface area contributed by atoms with Gasteiger partial charge in [0.2, 0.25) is 5.91 Å². The summed E-state index contributed by atoms with van der Waals surface area (Å²) in [5.74, 6) is 2.13. The van der Waals surface area contributed by atoms with E-state index < -0.39 is 0 Å². The second-order valence-electron chi connectivity index (χ2n) is 8.85. The summed E-state index contributed by atoms with van der Waals surface area (Å²) >= 11 is 4.74. The van der Waals surface area contributed by atoms with Gasteiger partial charge < -0.3 is 11.1 Å². The first-order chi connectivity index (χ1) is 12.7. The standard InChI is InChI=1S/C22H42N2OS/c23-15-7-6-11-19-10-4-5-12-20(16-19)22(25)24-17-21(26)14-13-18-8-2-1-3-9-18/h18-21,26H,1-17,23H2,(H,24,25). The lowest BCUT2D eigenvalue weighted by atomic mass is 9.86. The van der Waals surface area contributed by atoms with Crippen molar-refractivity contribution >= 4 is 18.5 Å². The molecule has 2 aliphatic rings. The summed E-state index contributed by atoms with van der Waals surface area (Å²) in [6.07, 6.45) is 19.0. The lowest BCUT2D eigenvalue weighted by Gasteiger charge is -2.23. The molecule has 2 aliphatic carbocycles. The number of hydrogen-bond donors (Lipinski definition) is 3. The van der Waals surface area contributed by atoms with Crippen LogP contribution in [-0.2, 0) is 4.79 Å². The van der Waals surface area contributed by atoms with Gasteiger partial charge in [0.25, 0.3) is 0 Å². The lowest BCUT2D eigenvalue weighted by Crippen LogP contribution is -2.35. The molecule has 0 radical (unpaired) electrons. The van der Waals surface area contributed by atoms with Crippen LogP contribution in [0.5, 0.6) is 0 Å². The van der Waals surface area contributed by atoms with Crippen molar-refractivity contribution in [3.05, 3.63) is 0 Å². The smallest absolute Gasteiger partial charge is 0.223 e. The Morgan fingerprint density at radius 3 is 2.42 bits per heavy atom. The SMILES string of the molecule is NCCCCC1CCCCC(C(=O)NCC(S)CCC2CCCCC2)C1. The molecule has 0 heterocycles. The van der Waals surface area contributed by atoms with Crippen molar-refractivity contribution in [1.82, 2.24) is 5.32 Å². The van der Waals surface area contributed by atoms with E-state index >= 15 is 0 Å². The minimum atomic E-state index is 0.222. The maximum atomic E-state index is 12.7. The number of hydrogen-bond acceptors (Lipinski definition) is 3. The molecule has 1 amide bonds. The predicted molar refractivity (Wildman–Crippen MR) is 115 cm³/mol. The molecular formula is C22H42N2OS. The molecule has 26 heavy (non-hydrogen) atoms. The summed E-state index contributed by atoms with van der Waals surface area (Å²) in [5.41, 5.74) is 5.62. The Kier molecular flexibility index (Phi) is 11.1. The molecule has 2 saturated carbocycles. The quantitative estimate of drug-likeness (QED) is 0.280. The molecule has 3 nitrogen and oxygen atoms in total. The molecule has 4 heteroatoms. The summed E-state index contributed by atoms with van der Waals surface area (Å²) in [7, 11) is 0. The molecule has 0 saturated heterocycles. The minimum absolute atomic E-state index is 0.222. The summed E-state index contributed by atoms with van der Waals surface area (Å²) in [6.45, 7) is 1.53. The molecule has 0 aromatic carbocycles. The fourth-order valence-electron chi connectivity index (χ4n) is 4.91. The second kappa shape index (κ2) is 13.0. The fourth-order valence-corrected chi connectivity index (χ4v) is 5.15. The monoisotopic (exact) mass is 382 g/mol. The number of amides is 1. The zero-order valence-electron chi connectivity index (χ0n) is 16.8. The van der Waals surface area contributed by atoms with Crippen molar-refractivity contribution in [2.24, 2.45) is 23.5 Å². The van der Waals surface area contributed by atoms with Crippen LogP contribution in [0.4, 0.5) is 0 Å². The van der Waals surface area contributed by atoms with Crippen LogP contribution in [0.3, 0.4) is 0 Å². The van der Waals surface area contributed by atoms with Crippen molar-refractivity contribution in [2.45, 2.75) is 102 Å². The van der Waals surface area contributed by atoms with Gasteiger partial charge in [-0.15, -0.1) is 0 Å². The van der Waals surface area contributed by atoms with Gasteiger partial charge in [0, 0.05) is 17.7 Å². The van der Waals surface area contributed by atoms with Gasteiger partial charge in [0.1, 0.15) is 0 Å². The minimum Gasteiger partial charge on any atom is -0.355 e. The molecular weight excluding hydrogens is 340 g/mol. The number of thiol groups is 1. The van der Waals surface area contributed by atoms with E-state index in [2.05, 4.69) is 5.32 Å². The Morgan fingerprint density at radius 1 is 0.962 bits per heavy atom. The van der Waals surface area contributed by atoms with Gasteiger partial charge in [-0.2, -0.15) is 12.6 Å². The normalized spacial score (nSPS) is 26.2. The van der Waals surface area contributed by atoms with E-state index in [1.807, 2.05) is 0 Å². The van der Waals surface area contributed by atoms with Crippen LogP contribution in [0, 0.1) is 17.8 Å². The van der Waals surface area contributed by atoms with Crippen molar-refractivity contribution in [3.63, 3.8) is 0 Å². The third-order valence-electron chi connectivity index (χ3n) is 6.61. The highest BCUT2D eigenvalue weighted by Crippen LogP contribution is 2.31. The van der Waals surface area contributed by atoms with Crippen LogP contribution in [0.1, 0.15) is 96.3 Å². The summed E-state index contributed by atoms with van der Waals surface area (Å²) < 4.78 is 0. The average Bonchev–Trinajstić information content (AvgIpc) is 2.91. The molecule has 0 bridgehead atoms. The predicted octanol–water partition coefficient (Wildman–Crippen LogP) is 5.09. The Bertz CT molecular complexity index is 384. The van der Waals surface area contributed by atoms with Gasteiger partial charge in [-0.05, 0) is 50.5 Å². The Balaban J connectivity index is 1.64. The van der Waals surface area contributed by atoms with Crippen molar-refractivity contribution < 1.29 is 4.79 Å². The van der Waals surface area contributed by atoms with Gasteiger partial charge >= 0.3 is 0 Å². The van der Waals surface area contributed by atoms with E-state index in [9.17, 15) is 4.79 Å². The van der Waals surface area contributed by atoms with E-state index in [-0.39, 0.29) is 11.8 Å². The van der Waals surface area contributed by atoms with E-state index in [1.165, 1.54) is 70.6 Å². The zero-order valence-corrected chi connectivity index (χ0v) is 17.7. The maximum Gasteiger partial charge on any atom is 0.223 e. The Hall–Kier alpha value is -0.220. The molecule has 0 aromatic heterocycles. The number of rotatable bonds is 10. The molecule has 152 valence electrons. The Labute approximate surface area is 167 Å². The van der Waals surface area contributed by atoms with Crippen LogP contribution in [0.25, 0.3) is 0 Å².